The van der Waals surface area contributed by atoms with E-state index in [1.54, 1.807) is 10.8 Å². The Morgan fingerprint density at radius 2 is 1.95 bits per heavy atom. The highest BCUT2D eigenvalue weighted by atomic mass is 35.5. The van der Waals surface area contributed by atoms with Crippen LogP contribution in [-0.4, -0.2) is 21.6 Å². The summed E-state index contributed by atoms with van der Waals surface area (Å²) < 4.78 is 1.67. The zero-order valence-electron chi connectivity index (χ0n) is 11.1. The Hall–Kier alpha value is -1.98. The van der Waals surface area contributed by atoms with E-state index in [2.05, 4.69) is 5.32 Å². The summed E-state index contributed by atoms with van der Waals surface area (Å²) in [5.41, 5.74) is 0.460. The van der Waals surface area contributed by atoms with Gasteiger partial charge in [-0.25, -0.2) is 4.79 Å². The van der Waals surface area contributed by atoms with Crippen LogP contribution in [0.1, 0.15) is 27.8 Å². The molecule has 0 aliphatic rings. The number of carbonyl (C=O) groups is 2. The smallest absolute Gasteiger partial charge is 0.337 e. The SMILES string of the molecule is CCn1cc(Cl)cc1C(=O)Nc1ccc(Cl)cc1C(=O)O. The van der Waals surface area contributed by atoms with E-state index < -0.39 is 11.9 Å². The standard InChI is InChI=1S/C14H12Cl2N2O3/c1-2-18-7-9(16)6-12(18)13(19)17-11-4-3-8(15)5-10(11)14(20)21/h3-7H,2H2,1H3,(H,17,19)(H,20,21). The molecular weight excluding hydrogens is 315 g/mol. The number of carboxylic acids is 1. The van der Waals surface area contributed by atoms with Crippen molar-refractivity contribution in [3.8, 4) is 0 Å². The normalized spacial score (nSPS) is 10.4. The summed E-state index contributed by atoms with van der Waals surface area (Å²) in [5.74, 6) is -1.61. The molecule has 0 unspecified atom stereocenters. The van der Waals surface area contributed by atoms with Gasteiger partial charge in [-0.3, -0.25) is 4.79 Å². The minimum atomic E-state index is -1.17. The average molecular weight is 327 g/mol. The number of amides is 1. The number of nitrogens with zero attached hydrogens (tertiary/aromatic N) is 1. The van der Waals surface area contributed by atoms with Gasteiger partial charge < -0.3 is 15.0 Å². The third-order valence-corrected chi connectivity index (χ3v) is 3.34. The topological polar surface area (TPSA) is 71.3 Å². The largest absolute Gasteiger partial charge is 0.478 e. The van der Waals surface area contributed by atoms with Crippen molar-refractivity contribution in [3.63, 3.8) is 0 Å². The molecule has 2 aromatic rings. The number of hydrogen-bond acceptors (Lipinski definition) is 2. The Morgan fingerprint density at radius 3 is 2.57 bits per heavy atom. The van der Waals surface area contributed by atoms with Gasteiger partial charge in [-0.1, -0.05) is 23.2 Å². The van der Waals surface area contributed by atoms with E-state index >= 15 is 0 Å². The van der Waals surface area contributed by atoms with Gasteiger partial charge in [0.25, 0.3) is 5.91 Å². The van der Waals surface area contributed by atoms with Crippen molar-refractivity contribution in [2.75, 3.05) is 5.32 Å². The lowest BCUT2D eigenvalue weighted by molar-refractivity contribution is 0.0698. The first-order chi connectivity index (χ1) is 9.92. The summed E-state index contributed by atoms with van der Waals surface area (Å²) in [6.07, 6.45) is 1.64. The van der Waals surface area contributed by atoms with Crippen LogP contribution < -0.4 is 5.32 Å². The molecule has 0 saturated heterocycles. The highest BCUT2D eigenvalue weighted by molar-refractivity contribution is 6.31. The summed E-state index contributed by atoms with van der Waals surface area (Å²) in [5, 5.41) is 12.4. The maximum atomic E-state index is 12.3. The van der Waals surface area contributed by atoms with Crippen molar-refractivity contribution in [1.82, 2.24) is 4.57 Å². The van der Waals surface area contributed by atoms with E-state index in [0.717, 1.165) is 0 Å². The number of aromatic carboxylic acids is 1. The second kappa shape index (κ2) is 6.20. The minimum absolute atomic E-state index is 0.0726. The molecule has 7 heteroatoms. The van der Waals surface area contributed by atoms with Crippen LogP contribution in [0, 0.1) is 0 Å². The lowest BCUT2D eigenvalue weighted by Crippen LogP contribution is -2.18. The molecule has 21 heavy (non-hydrogen) atoms. The van der Waals surface area contributed by atoms with Crippen molar-refractivity contribution < 1.29 is 14.7 Å². The molecule has 1 amide bonds. The van der Waals surface area contributed by atoms with Crippen LogP contribution in [0.25, 0.3) is 0 Å². The number of aryl methyl sites for hydroxylation is 1. The molecule has 0 spiro atoms. The number of carboxylic acid groups (broad SMARTS) is 1. The van der Waals surface area contributed by atoms with Gasteiger partial charge in [0.15, 0.2) is 0 Å². The van der Waals surface area contributed by atoms with Gasteiger partial charge in [-0.05, 0) is 31.2 Å². The zero-order valence-corrected chi connectivity index (χ0v) is 12.6. The molecule has 5 nitrogen and oxygen atoms in total. The molecule has 1 heterocycles. The Kier molecular flexibility index (Phi) is 4.55. The Bertz CT molecular complexity index is 710. The molecule has 0 bridgehead atoms. The van der Waals surface area contributed by atoms with E-state index in [4.69, 9.17) is 28.3 Å². The fourth-order valence-corrected chi connectivity index (χ4v) is 2.31. The van der Waals surface area contributed by atoms with E-state index in [1.165, 1.54) is 24.3 Å². The Balaban J connectivity index is 2.33. The van der Waals surface area contributed by atoms with E-state index in [1.807, 2.05) is 6.92 Å². The van der Waals surface area contributed by atoms with Crippen molar-refractivity contribution >= 4 is 40.8 Å². The Morgan fingerprint density at radius 1 is 1.24 bits per heavy atom. The number of carbonyl (C=O) groups excluding carboxylic acids is 1. The van der Waals surface area contributed by atoms with Crippen molar-refractivity contribution in [1.29, 1.82) is 0 Å². The Labute approximate surface area is 131 Å². The van der Waals surface area contributed by atoms with Crippen LogP contribution in [-0.2, 0) is 6.54 Å². The van der Waals surface area contributed by atoms with Crippen LogP contribution in [0.15, 0.2) is 30.5 Å². The summed E-state index contributed by atoms with van der Waals surface area (Å²) in [6, 6.07) is 5.77. The predicted octanol–water partition coefficient (Wildman–Crippen LogP) is 3.77. The first-order valence-electron chi connectivity index (χ1n) is 6.12. The third-order valence-electron chi connectivity index (χ3n) is 2.90. The fourth-order valence-electron chi connectivity index (χ4n) is 1.92. The summed E-state index contributed by atoms with van der Waals surface area (Å²) >= 11 is 11.6. The minimum Gasteiger partial charge on any atom is -0.478 e. The van der Waals surface area contributed by atoms with Gasteiger partial charge in [0, 0.05) is 17.8 Å². The second-order valence-electron chi connectivity index (χ2n) is 4.28. The quantitative estimate of drug-likeness (QED) is 0.898. The molecule has 0 atom stereocenters. The van der Waals surface area contributed by atoms with Crippen molar-refractivity contribution in [2.24, 2.45) is 0 Å². The fraction of sp³-hybridized carbons (Fsp3) is 0.143. The van der Waals surface area contributed by atoms with E-state index in [0.29, 0.717) is 17.3 Å². The van der Waals surface area contributed by atoms with Crippen molar-refractivity contribution in [2.45, 2.75) is 13.5 Å². The monoisotopic (exact) mass is 326 g/mol. The molecule has 0 fully saturated rings. The first kappa shape index (κ1) is 15.4. The average Bonchev–Trinajstić information content (AvgIpc) is 2.81. The van der Waals surface area contributed by atoms with Crippen LogP contribution >= 0.6 is 23.2 Å². The predicted molar refractivity (Wildman–Crippen MR) is 81.5 cm³/mol. The molecule has 1 aromatic carbocycles. The van der Waals surface area contributed by atoms with Crippen LogP contribution in [0.5, 0.6) is 0 Å². The van der Waals surface area contributed by atoms with Crippen LogP contribution in [0.2, 0.25) is 10.0 Å². The number of nitrogens with one attached hydrogen (secondary N) is 1. The van der Waals surface area contributed by atoms with E-state index in [-0.39, 0.29) is 16.3 Å². The van der Waals surface area contributed by atoms with Crippen LogP contribution in [0.3, 0.4) is 0 Å². The molecule has 2 N–H and O–H groups in total. The summed E-state index contributed by atoms with van der Waals surface area (Å²) in [7, 11) is 0. The third kappa shape index (κ3) is 3.37. The number of anilines is 1. The summed E-state index contributed by atoms with van der Waals surface area (Å²) in [4.78, 5) is 23.4. The molecule has 0 saturated carbocycles. The van der Waals surface area contributed by atoms with Crippen molar-refractivity contribution in [3.05, 3.63) is 51.8 Å². The summed E-state index contributed by atoms with van der Waals surface area (Å²) in [6.45, 7) is 2.44. The van der Waals surface area contributed by atoms with E-state index in [9.17, 15) is 9.59 Å². The van der Waals surface area contributed by atoms with Gasteiger partial charge in [-0.15, -0.1) is 0 Å². The highest BCUT2D eigenvalue weighted by Crippen LogP contribution is 2.22. The number of benzene rings is 1. The number of hydrogen-bond donors (Lipinski definition) is 2. The molecule has 2 rings (SSSR count). The molecule has 1 aromatic heterocycles. The molecular formula is C14H12Cl2N2O3. The van der Waals surface area contributed by atoms with Gasteiger partial charge in [0.2, 0.25) is 0 Å². The lowest BCUT2D eigenvalue weighted by Gasteiger charge is -2.10. The van der Waals surface area contributed by atoms with Crippen LogP contribution in [0.4, 0.5) is 5.69 Å². The molecule has 0 aliphatic carbocycles. The van der Waals surface area contributed by atoms with Gasteiger partial charge in [0.1, 0.15) is 5.69 Å². The number of halogens is 2. The highest BCUT2D eigenvalue weighted by Gasteiger charge is 2.17. The van der Waals surface area contributed by atoms with Gasteiger partial charge in [0.05, 0.1) is 16.3 Å². The lowest BCUT2D eigenvalue weighted by atomic mass is 10.1. The van der Waals surface area contributed by atoms with Gasteiger partial charge in [-0.2, -0.15) is 0 Å². The molecule has 0 radical (unpaired) electrons. The first-order valence-corrected chi connectivity index (χ1v) is 6.87. The number of aromatic nitrogens is 1. The van der Waals surface area contributed by atoms with Gasteiger partial charge >= 0.3 is 5.97 Å². The zero-order chi connectivity index (χ0) is 15.6. The maximum absolute atomic E-state index is 12.3. The second-order valence-corrected chi connectivity index (χ2v) is 5.15. The molecule has 110 valence electrons. The molecule has 0 aliphatic heterocycles. The number of rotatable bonds is 4. The maximum Gasteiger partial charge on any atom is 0.337 e.